The van der Waals surface area contributed by atoms with E-state index in [0.717, 1.165) is 17.3 Å². The summed E-state index contributed by atoms with van der Waals surface area (Å²) in [4.78, 5) is 11.6. The Morgan fingerprint density at radius 2 is 2.28 bits per heavy atom. The lowest BCUT2D eigenvalue weighted by molar-refractivity contribution is -0.153. The summed E-state index contributed by atoms with van der Waals surface area (Å²) >= 11 is 3.32. The van der Waals surface area contributed by atoms with Crippen LogP contribution in [0.4, 0.5) is 0 Å². The van der Waals surface area contributed by atoms with Crippen molar-refractivity contribution in [2.24, 2.45) is 0 Å². The van der Waals surface area contributed by atoms with Gasteiger partial charge in [0.05, 0.1) is 12.7 Å². The zero-order valence-corrected chi connectivity index (χ0v) is 11.6. The fourth-order valence-electron chi connectivity index (χ4n) is 1.55. The molecule has 1 unspecified atom stereocenters. The smallest absolute Gasteiger partial charge is 0.339 e. The number of esters is 1. The molecule has 5 heteroatoms. The number of hydrogen-bond donors (Lipinski definition) is 1. The van der Waals surface area contributed by atoms with Gasteiger partial charge in [-0.05, 0) is 38.0 Å². The molecule has 0 radical (unpaired) electrons. The number of rotatable bonds is 5. The Morgan fingerprint density at radius 1 is 1.56 bits per heavy atom. The summed E-state index contributed by atoms with van der Waals surface area (Å²) in [5.74, 6) is -0.113. The van der Waals surface area contributed by atoms with E-state index in [-0.39, 0.29) is 12.7 Å². The van der Waals surface area contributed by atoms with Crippen molar-refractivity contribution in [2.75, 3.05) is 6.61 Å². The van der Waals surface area contributed by atoms with Crippen LogP contribution in [0.25, 0.3) is 0 Å². The van der Waals surface area contributed by atoms with Gasteiger partial charge in [0.25, 0.3) is 0 Å². The van der Waals surface area contributed by atoms with Gasteiger partial charge in [0.15, 0.2) is 6.10 Å². The third kappa shape index (κ3) is 3.23. The Bertz CT molecular complexity index is 443. The van der Waals surface area contributed by atoms with Crippen molar-refractivity contribution in [2.45, 2.75) is 32.0 Å². The summed E-state index contributed by atoms with van der Waals surface area (Å²) in [7, 11) is 0. The first-order valence-electron chi connectivity index (χ1n) is 5.92. The minimum atomic E-state index is -1.31. The molecule has 1 aromatic rings. The molecule has 0 saturated heterocycles. The lowest BCUT2D eigenvalue weighted by atomic mass is 10.1. The molecule has 0 aliphatic heterocycles. The highest BCUT2D eigenvalue weighted by molar-refractivity contribution is 9.10. The summed E-state index contributed by atoms with van der Waals surface area (Å²) in [6.45, 7) is 1.94. The average molecular weight is 315 g/mol. The standard InChI is InChI=1S/C13H15BrO4/c1-2-17-13(16)12(15)10-7-8(14)3-6-11(10)18-9-4-5-9/h3,6-7,9,12,15H,2,4-5H2,1H3. The maximum Gasteiger partial charge on any atom is 0.339 e. The first-order valence-corrected chi connectivity index (χ1v) is 6.72. The Morgan fingerprint density at radius 3 is 2.89 bits per heavy atom. The number of ether oxygens (including phenoxy) is 2. The Hall–Kier alpha value is -1.07. The third-order valence-electron chi connectivity index (χ3n) is 2.59. The van der Waals surface area contributed by atoms with Crippen molar-refractivity contribution in [3.63, 3.8) is 0 Å². The second-order valence-corrected chi connectivity index (χ2v) is 5.07. The van der Waals surface area contributed by atoms with Crippen LogP contribution in [-0.2, 0) is 9.53 Å². The lowest BCUT2D eigenvalue weighted by Crippen LogP contribution is -2.16. The molecule has 0 heterocycles. The Balaban J connectivity index is 2.22. The summed E-state index contributed by atoms with van der Waals surface area (Å²) < 4.78 is 11.3. The molecule has 2 rings (SSSR count). The zero-order chi connectivity index (χ0) is 13.1. The number of benzene rings is 1. The first-order chi connectivity index (χ1) is 8.61. The van der Waals surface area contributed by atoms with Crippen LogP contribution in [0.2, 0.25) is 0 Å². The van der Waals surface area contributed by atoms with Gasteiger partial charge in [0.2, 0.25) is 0 Å². The van der Waals surface area contributed by atoms with Gasteiger partial charge in [-0.15, -0.1) is 0 Å². The van der Waals surface area contributed by atoms with Gasteiger partial charge in [-0.1, -0.05) is 15.9 Å². The number of aliphatic hydroxyl groups is 1. The van der Waals surface area contributed by atoms with E-state index in [1.807, 2.05) is 6.07 Å². The van der Waals surface area contributed by atoms with Gasteiger partial charge in [-0.2, -0.15) is 0 Å². The maximum absolute atomic E-state index is 11.6. The lowest BCUT2D eigenvalue weighted by Gasteiger charge is -2.15. The molecule has 18 heavy (non-hydrogen) atoms. The van der Waals surface area contributed by atoms with Gasteiger partial charge < -0.3 is 14.6 Å². The van der Waals surface area contributed by atoms with Crippen molar-refractivity contribution in [3.05, 3.63) is 28.2 Å². The van der Waals surface area contributed by atoms with E-state index in [1.165, 1.54) is 0 Å². The van der Waals surface area contributed by atoms with Crippen molar-refractivity contribution in [1.29, 1.82) is 0 Å². The van der Waals surface area contributed by atoms with Gasteiger partial charge in [-0.25, -0.2) is 4.79 Å². The molecule has 0 aromatic heterocycles. The molecule has 1 aromatic carbocycles. The first kappa shape index (κ1) is 13.4. The van der Waals surface area contributed by atoms with Crippen LogP contribution in [0.5, 0.6) is 5.75 Å². The maximum atomic E-state index is 11.6. The molecule has 1 N–H and O–H groups in total. The summed E-state index contributed by atoms with van der Waals surface area (Å²) in [6, 6.07) is 5.25. The van der Waals surface area contributed by atoms with Crippen molar-refractivity contribution < 1.29 is 19.4 Å². The minimum absolute atomic E-state index is 0.208. The fourth-order valence-corrected chi connectivity index (χ4v) is 1.93. The number of carbonyl (C=O) groups excluding carboxylic acids is 1. The normalized spacial score (nSPS) is 16.2. The molecular formula is C13H15BrO4. The van der Waals surface area contributed by atoms with Gasteiger partial charge in [0, 0.05) is 10.0 Å². The largest absolute Gasteiger partial charge is 0.490 e. The van der Waals surface area contributed by atoms with E-state index in [0.29, 0.717) is 11.3 Å². The molecule has 1 aliphatic carbocycles. The number of aliphatic hydroxyl groups excluding tert-OH is 1. The molecule has 0 bridgehead atoms. The summed E-state index contributed by atoms with van der Waals surface area (Å²) in [5.41, 5.74) is 0.440. The second kappa shape index (κ2) is 5.71. The number of halogens is 1. The highest BCUT2D eigenvalue weighted by atomic mass is 79.9. The van der Waals surface area contributed by atoms with E-state index < -0.39 is 12.1 Å². The van der Waals surface area contributed by atoms with E-state index in [2.05, 4.69) is 15.9 Å². The van der Waals surface area contributed by atoms with Crippen LogP contribution < -0.4 is 4.74 Å². The molecular weight excluding hydrogens is 300 g/mol. The fraction of sp³-hybridized carbons (Fsp3) is 0.462. The van der Waals surface area contributed by atoms with Crippen molar-refractivity contribution in [1.82, 2.24) is 0 Å². The number of carbonyl (C=O) groups is 1. The van der Waals surface area contributed by atoms with Gasteiger partial charge in [0.1, 0.15) is 5.75 Å². The van der Waals surface area contributed by atoms with Crippen molar-refractivity contribution in [3.8, 4) is 5.75 Å². The molecule has 1 atom stereocenters. The Kier molecular flexibility index (Phi) is 4.24. The second-order valence-electron chi connectivity index (χ2n) is 4.15. The van der Waals surface area contributed by atoms with E-state index >= 15 is 0 Å². The summed E-state index contributed by atoms with van der Waals surface area (Å²) in [5, 5.41) is 9.98. The van der Waals surface area contributed by atoms with Gasteiger partial charge >= 0.3 is 5.97 Å². The van der Waals surface area contributed by atoms with Crippen molar-refractivity contribution >= 4 is 21.9 Å². The van der Waals surface area contributed by atoms with Gasteiger partial charge in [-0.3, -0.25) is 0 Å². The monoisotopic (exact) mass is 314 g/mol. The average Bonchev–Trinajstić information content (AvgIpc) is 3.15. The van der Waals surface area contributed by atoms with E-state index in [1.54, 1.807) is 19.1 Å². The van der Waals surface area contributed by atoms with Crippen LogP contribution in [0.15, 0.2) is 22.7 Å². The van der Waals surface area contributed by atoms with Crippen LogP contribution in [0.1, 0.15) is 31.4 Å². The topological polar surface area (TPSA) is 55.8 Å². The summed E-state index contributed by atoms with van der Waals surface area (Å²) in [6.07, 6.45) is 0.936. The van der Waals surface area contributed by atoms with Crippen LogP contribution >= 0.6 is 15.9 Å². The molecule has 1 saturated carbocycles. The number of hydrogen-bond acceptors (Lipinski definition) is 4. The Labute approximate surface area is 114 Å². The predicted octanol–water partition coefficient (Wildman–Crippen LogP) is 2.59. The third-order valence-corrected chi connectivity index (χ3v) is 3.09. The van der Waals surface area contributed by atoms with Crippen LogP contribution in [0, 0.1) is 0 Å². The highest BCUT2D eigenvalue weighted by Crippen LogP contribution is 2.34. The molecule has 0 spiro atoms. The molecule has 4 nitrogen and oxygen atoms in total. The SMILES string of the molecule is CCOC(=O)C(O)c1cc(Br)ccc1OC1CC1. The van der Waals surface area contributed by atoms with E-state index in [4.69, 9.17) is 9.47 Å². The highest BCUT2D eigenvalue weighted by Gasteiger charge is 2.28. The molecule has 98 valence electrons. The molecule has 1 aliphatic rings. The zero-order valence-electron chi connectivity index (χ0n) is 10.1. The quantitative estimate of drug-likeness (QED) is 0.849. The molecule has 1 fully saturated rings. The predicted molar refractivity (Wildman–Crippen MR) is 69.4 cm³/mol. The van der Waals surface area contributed by atoms with Crippen LogP contribution in [0.3, 0.4) is 0 Å². The van der Waals surface area contributed by atoms with E-state index in [9.17, 15) is 9.90 Å². The molecule has 0 amide bonds. The van der Waals surface area contributed by atoms with Crippen LogP contribution in [-0.4, -0.2) is 23.8 Å². The minimum Gasteiger partial charge on any atom is -0.490 e.